The maximum atomic E-state index is 13.5. The standard InChI is InChI=1S/C31H34ClN5O3.C2HF3O2/c1-17-11-18(2)13-21(12-17)28-29(40-10-8-22-7-5-6-9-33-22)24-15-23(25(32)16-26(24)36-31(28)39)30(38)37-27-14-19(3)34-20(4)35-27;3-2(4,5)1(6)7/h11-16,22,33H,5-10H2,1-4H3,(H,36,39)(H,34,35,37,38);(H,6,7). The fourth-order valence-corrected chi connectivity index (χ4v) is 5.68. The van der Waals surface area contributed by atoms with Crippen LogP contribution in [0.3, 0.4) is 0 Å². The molecule has 2 aromatic heterocycles. The maximum Gasteiger partial charge on any atom is 0.490 e. The van der Waals surface area contributed by atoms with Gasteiger partial charge in [-0.1, -0.05) is 47.3 Å². The number of nitrogens with zero attached hydrogens (tertiary/aromatic N) is 2. The smallest absolute Gasteiger partial charge is 0.490 e. The summed E-state index contributed by atoms with van der Waals surface area (Å²) in [4.78, 5) is 47.3. The Morgan fingerprint density at radius 2 is 1.72 bits per heavy atom. The van der Waals surface area contributed by atoms with Crippen molar-refractivity contribution in [3.63, 3.8) is 0 Å². The molecule has 250 valence electrons. The van der Waals surface area contributed by atoms with Gasteiger partial charge in [0.25, 0.3) is 11.5 Å². The number of H-pyrrole nitrogens is 1. The number of hydrogen-bond donors (Lipinski definition) is 4. The van der Waals surface area contributed by atoms with Crippen molar-refractivity contribution >= 4 is 40.2 Å². The molecule has 10 nitrogen and oxygen atoms in total. The highest BCUT2D eigenvalue weighted by atomic mass is 35.5. The SMILES string of the molecule is Cc1cc(C)cc(-c2c(OCCC3CCCCN3)c3cc(C(=O)Nc4cc(C)nc(C)n4)c(Cl)cc3[nH]c2=O)c1.O=C(O)C(F)(F)F. The van der Waals surface area contributed by atoms with E-state index in [2.05, 4.69) is 31.7 Å². The number of aromatic amines is 1. The minimum Gasteiger partial charge on any atom is -0.492 e. The van der Waals surface area contributed by atoms with Gasteiger partial charge in [-0.3, -0.25) is 9.59 Å². The van der Waals surface area contributed by atoms with Crippen LogP contribution in [0.4, 0.5) is 19.0 Å². The molecule has 1 unspecified atom stereocenters. The van der Waals surface area contributed by atoms with E-state index in [9.17, 15) is 22.8 Å². The van der Waals surface area contributed by atoms with Crippen LogP contribution in [0.2, 0.25) is 5.02 Å². The van der Waals surface area contributed by atoms with Gasteiger partial charge in [0.15, 0.2) is 0 Å². The molecule has 0 bridgehead atoms. The minimum atomic E-state index is -5.08. The van der Waals surface area contributed by atoms with Gasteiger partial charge >= 0.3 is 12.1 Å². The largest absolute Gasteiger partial charge is 0.492 e. The number of aromatic nitrogens is 3. The lowest BCUT2D eigenvalue weighted by molar-refractivity contribution is -0.192. The molecule has 1 saturated heterocycles. The minimum absolute atomic E-state index is 0.208. The first-order valence-corrected chi connectivity index (χ1v) is 15.3. The van der Waals surface area contributed by atoms with E-state index in [1.54, 1.807) is 25.1 Å². The van der Waals surface area contributed by atoms with Crippen molar-refractivity contribution < 1.29 is 32.6 Å². The van der Waals surface area contributed by atoms with Crippen molar-refractivity contribution in [2.45, 2.75) is 65.6 Å². The summed E-state index contributed by atoms with van der Waals surface area (Å²) in [5, 5.41) is 14.3. The Kier molecular flexibility index (Phi) is 11.2. The van der Waals surface area contributed by atoms with Crippen LogP contribution in [0.5, 0.6) is 5.75 Å². The molecule has 2 aromatic carbocycles. The van der Waals surface area contributed by atoms with Crippen molar-refractivity contribution in [1.82, 2.24) is 20.3 Å². The molecule has 1 atom stereocenters. The average molecular weight is 674 g/mol. The normalized spacial score (nSPS) is 14.7. The number of ether oxygens (including phenoxy) is 1. The van der Waals surface area contributed by atoms with E-state index >= 15 is 0 Å². The first kappa shape index (κ1) is 35.4. The number of carbonyl (C=O) groups excluding carboxylic acids is 1. The zero-order valence-electron chi connectivity index (χ0n) is 26.3. The molecule has 0 radical (unpaired) electrons. The monoisotopic (exact) mass is 673 g/mol. The number of alkyl halides is 3. The zero-order valence-corrected chi connectivity index (χ0v) is 27.0. The van der Waals surface area contributed by atoms with Gasteiger partial charge in [0, 0.05) is 23.2 Å². The number of rotatable bonds is 7. The van der Waals surface area contributed by atoms with Crippen LogP contribution in [0.25, 0.3) is 22.0 Å². The van der Waals surface area contributed by atoms with Crippen LogP contribution in [0.15, 0.2) is 41.2 Å². The van der Waals surface area contributed by atoms with E-state index in [-0.39, 0.29) is 16.1 Å². The predicted molar refractivity (Wildman–Crippen MR) is 173 cm³/mol. The summed E-state index contributed by atoms with van der Waals surface area (Å²) in [5.41, 5.74) is 4.50. The number of hydrogen-bond acceptors (Lipinski definition) is 7. The first-order chi connectivity index (χ1) is 22.1. The predicted octanol–water partition coefficient (Wildman–Crippen LogP) is 6.67. The molecule has 0 aliphatic carbocycles. The molecule has 1 aliphatic heterocycles. The number of aliphatic carboxylic acids is 1. The third-order valence-corrected chi connectivity index (χ3v) is 7.70. The van der Waals surface area contributed by atoms with Gasteiger partial charge in [0.05, 0.1) is 28.3 Å². The van der Waals surface area contributed by atoms with Gasteiger partial charge in [-0.25, -0.2) is 14.8 Å². The van der Waals surface area contributed by atoms with Gasteiger partial charge in [-0.05, 0) is 71.2 Å². The second-order valence-electron chi connectivity index (χ2n) is 11.4. The third kappa shape index (κ3) is 9.29. The number of nitrogens with one attached hydrogen (secondary N) is 3. The Balaban J connectivity index is 0.000000644. The second kappa shape index (κ2) is 14.9. The number of amides is 1. The topological polar surface area (TPSA) is 146 Å². The van der Waals surface area contributed by atoms with Crippen LogP contribution >= 0.6 is 11.6 Å². The number of carbonyl (C=O) groups is 2. The Labute approximate surface area is 273 Å². The second-order valence-corrected chi connectivity index (χ2v) is 11.8. The lowest BCUT2D eigenvalue weighted by Crippen LogP contribution is -2.35. The Morgan fingerprint density at radius 1 is 1.04 bits per heavy atom. The molecule has 3 heterocycles. The van der Waals surface area contributed by atoms with Crippen LogP contribution < -0.4 is 20.9 Å². The number of benzene rings is 2. The van der Waals surface area contributed by atoms with Crippen LogP contribution in [-0.2, 0) is 4.79 Å². The van der Waals surface area contributed by atoms with E-state index in [4.69, 9.17) is 26.2 Å². The molecule has 0 saturated carbocycles. The van der Waals surface area contributed by atoms with Crippen molar-refractivity contribution in [2.24, 2.45) is 0 Å². The number of fused-ring (bicyclic) bond motifs is 1. The Morgan fingerprint density at radius 3 is 2.32 bits per heavy atom. The summed E-state index contributed by atoms with van der Waals surface area (Å²) < 4.78 is 38.2. The van der Waals surface area contributed by atoms with E-state index in [0.29, 0.717) is 46.5 Å². The molecular weight excluding hydrogens is 639 g/mol. The summed E-state index contributed by atoms with van der Waals surface area (Å²) in [6, 6.07) is 11.4. The summed E-state index contributed by atoms with van der Waals surface area (Å²) in [6.45, 7) is 9.04. The molecule has 1 fully saturated rings. The number of anilines is 1. The van der Waals surface area contributed by atoms with E-state index < -0.39 is 18.1 Å². The molecule has 4 aromatic rings. The fraction of sp³-hybridized carbons (Fsp3) is 0.364. The van der Waals surface area contributed by atoms with Crippen LogP contribution in [-0.4, -0.2) is 57.3 Å². The van der Waals surface area contributed by atoms with E-state index in [1.165, 1.54) is 12.8 Å². The quantitative estimate of drug-likeness (QED) is 0.170. The molecular formula is C33H35ClF3N5O5. The number of carboxylic acids is 1. The zero-order chi connectivity index (χ0) is 34.5. The number of aryl methyl sites for hydroxylation is 4. The molecule has 47 heavy (non-hydrogen) atoms. The van der Waals surface area contributed by atoms with Gasteiger partial charge in [-0.2, -0.15) is 13.2 Å². The molecule has 5 rings (SSSR count). The van der Waals surface area contributed by atoms with Gasteiger partial charge in [0.2, 0.25) is 0 Å². The highest BCUT2D eigenvalue weighted by molar-refractivity contribution is 6.35. The van der Waals surface area contributed by atoms with Crippen LogP contribution in [0.1, 0.15) is 58.7 Å². The van der Waals surface area contributed by atoms with E-state index in [0.717, 1.165) is 41.8 Å². The molecule has 4 N–H and O–H groups in total. The van der Waals surface area contributed by atoms with Crippen molar-refractivity contribution in [1.29, 1.82) is 0 Å². The maximum absolute atomic E-state index is 13.5. The van der Waals surface area contributed by atoms with Crippen molar-refractivity contribution in [3.05, 3.63) is 80.0 Å². The number of piperidine rings is 1. The summed E-state index contributed by atoms with van der Waals surface area (Å²) >= 11 is 6.57. The molecule has 14 heteroatoms. The highest BCUT2D eigenvalue weighted by Crippen LogP contribution is 2.37. The van der Waals surface area contributed by atoms with Crippen LogP contribution in [0, 0.1) is 27.7 Å². The number of halogens is 4. The van der Waals surface area contributed by atoms with Crippen molar-refractivity contribution in [2.75, 3.05) is 18.5 Å². The highest BCUT2D eigenvalue weighted by Gasteiger charge is 2.38. The number of carboxylic acid groups (broad SMARTS) is 1. The average Bonchev–Trinajstić information content (AvgIpc) is 2.96. The van der Waals surface area contributed by atoms with Gasteiger partial charge in [-0.15, -0.1) is 0 Å². The Hall–Kier alpha value is -4.49. The van der Waals surface area contributed by atoms with Crippen molar-refractivity contribution in [3.8, 4) is 16.9 Å². The summed E-state index contributed by atoms with van der Waals surface area (Å²) in [5.74, 6) is -1.79. The molecule has 1 amide bonds. The number of pyridine rings is 1. The van der Waals surface area contributed by atoms with E-state index in [1.807, 2.05) is 32.9 Å². The summed E-state index contributed by atoms with van der Waals surface area (Å²) in [6.07, 6.45) is -0.784. The molecule has 1 aliphatic rings. The summed E-state index contributed by atoms with van der Waals surface area (Å²) in [7, 11) is 0. The van der Waals surface area contributed by atoms with Gasteiger partial charge in [0.1, 0.15) is 17.4 Å². The first-order valence-electron chi connectivity index (χ1n) is 14.9. The lowest BCUT2D eigenvalue weighted by Gasteiger charge is -2.24. The molecule has 0 spiro atoms. The third-order valence-electron chi connectivity index (χ3n) is 7.38. The lowest BCUT2D eigenvalue weighted by atomic mass is 9.98. The Bertz CT molecular complexity index is 1820. The van der Waals surface area contributed by atoms with Gasteiger partial charge < -0.3 is 25.5 Å². The fourth-order valence-electron chi connectivity index (χ4n) is 5.43.